The number of aliphatic hydroxyl groups is 1. The molecule has 1 fully saturated rings. The zero-order valence-electron chi connectivity index (χ0n) is 9.26. The fourth-order valence-electron chi connectivity index (χ4n) is 2.16. The van der Waals surface area contributed by atoms with Crippen molar-refractivity contribution < 1.29 is 13.5 Å². The Labute approximate surface area is 95.0 Å². The fourth-order valence-corrected chi connectivity index (χ4v) is 3.85. The largest absolute Gasteiger partial charge is 0.396 e. The Hall–Kier alpha value is -0.880. The minimum absolute atomic E-state index is 0.0301. The van der Waals surface area contributed by atoms with Gasteiger partial charge in [0.05, 0.1) is 23.7 Å². The van der Waals surface area contributed by atoms with Crippen molar-refractivity contribution in [2.24, 2.45) is 0 Å². The van der Waals surface area contributed by atoms with E-state index in [-0.39, 0.29) is 24.2 Å². The van der Waals surface area contributed by atoms with Gasteiger partial charge in [0.2, 0.25) is 0 Å². The molecule has 0 amide bonds. The lowest BCUT2D eigenvalue weighted by Gasteiger charge is -2.11. The van der Waals surface area contributed by atoms with Crippen LogP contribution in [0.5, 0.6) is 0 Å². The fraction of sp³-hybridized carbons (Fsp3) is 0.700. The summed E-state index contributed by atoms with van der Waals surface area (Å²) in [5.74, 6) is 0.445. The first-order chi connectivity index (χ1) is 7.53. The molecule has 1 N–H and O–H groups in total. The van der Waals surface area contributed by atoms with Gasteiger partial charge in [-0.3, -0.25) is 4.68 Å². The number of rotatable bonds is 3. The molecule has 90 valence electrons. The highest BCUT2D eigenvalue weighted by atomic mass is 32.2. The van der Waals surface area contributed by atoms with Crippen molar-refractivity contribution in [2.75, 3.05) is 18.1 Å². The molecule has 1 aromatic heterocycles. The Morgan fingerprint density at radius 1 is 1.62 bits per heavy atom. The van der Waals surface area contributed by atoms with Crippen molar-refractivity contribution in [1.29, 1.82) is 0 Å². The summed E-state index contributed by atoms with van der Waals surface area (Å²) in [5.41, 5.74) is 1.96. The van der Waals surface area contributed by atoms with E-state index in [1.54, 1.807) is 10.9 Å². The maximum atomic E-state index is 11.4. The molecule has 1 aromatic rings. The van der Waals surface area contributed by atoms with Crippen molar-refractivity contribution in [2.45, 2.75) is 25.8 Å². The Balaban J connectivity index is 2.22. The number of aliphatic hydroxyl groups excluding tert-OH is 1. The Bertz CT molecular complexity index is 478. The van der Waals surface area contributed by atoms with Crippen LogP contribution in [0.1, 0.15) is 23.7 Å². The molecular weight excluding hydrogens is 228 g/mol. The molecule has 1 aliphatic rings. The van der Waals surface area contributed by atoms with Gasteiger partial charge in [-0.1, -0.05) is 0 Å². The average molecular weight is 244 g/mol. The molecule has 1 saturated heterocycles. The first kappa shape index (κ1) is 11.6. The molecule has 1 atom stereocenters. The maximum Gasteiger partial charge on any atom is 0.152 e. The van der Waals surface area contributed by atoms with Crippen LogP contribution in [-0.4, -0.2) is 41.4 Å². The van der Waals surface area contributed by atoms with E-state index in [0.29, 0.717) is 12.8 Å². The van der Waals surface area contributed by atoms with Crippen molar-refractivity contribution in [3.8, 4) is 0 Å². The van der Waals surface area contributed by atoms with E-state index in [4.69, 9.17) is 5.11 Å². The normalized spacial score (nSPS) is 23.8. The van der Waals surface area contributed by atoms with Gasteiger partial charge in [0.15, 0.2) is 9.84 Å². The van der Waals surface area contributed by atoms with Crippen LogP contribution in [0, 0.1) is 6.92 Å². The quantitative estimate of drug-likeness (QED) is 0.817. The van der Waals surface area contributed by atoms with Gasteiger partial charge in [0.1, 0.15) is 0 Å². The topological polar surface area (TPSA) is 72.2 Å². The molecular formula is C10H16N2O3S. The summed E-state index contributed by atoms with van der Waals surface area (Å²) < 4.78 is 24.5. The molecule has 0 radical (unpaired) electrons. The molecule has 16 heavy (non-hydrogen) atoms. The first-order valence-corrected chi connectivity index (χ1v) is 7.20. The number of sulfone groups is 1. The summed E-state index contributed by atoms with van der Waals surface area (Å²) in [6.07, 6.45) is 2.94. The van der Waals surface area contributed by atoms with Crippen LogP contribution in [0.4, 0.5) is 0 Å². The molecule has 0 aromatic carbocycles. The van der Waals surface area contributed by atoms with Gasteiger partial charge in [-0.15, -0.1) is 0 Å². The van der Waals surface area contributed by atoms with Crippen LogP contribution in [-0.2, 0) is 16.3 Å². The zero-order valence-corrected chi connectivity index (χ0v) is 10.1. The minimum Gasteiger partial charge on any atom is -0.396 e. The number of aromatic nitrogens is 2. The Morgan fingerprint density at radius 3 is 2.94 bits per heavy atom. The van der Waals surface area contributed by atoms with Gasteiger partial charge in [-0.25, -0.2) is 8.42 Å². The summed E-state index contributed by atoms with van der Waals surface area (Å²) in [4.78, 5) is 0. The van der Waals surface area contributed by atoms with Crippen molar-refractivity contribution in [3.05, 3.63) is 17.5 Å². The summed E-state index contributed by atoms with van der Waals surface area (Å²) >= 11 is 0. The zero-order chi connectivity index (χ0) is 11.8. The van der Waals surface area contributed by atoms with Crippen LogP contribution in [0.2, 0.25) is 0 Å². The van der Waals surface area contributed by atoms with Crippen molar-refractivity contribution >= 4 is 9.84 Å². The standard InChI is InChI=1S/C10H16N2O3S/c1-8-9(2-4-13)6-11-12(8)10-3-5-16(14,15)7-10/h6,10,13H,2-5,7H2,1H3. The number of hydrogen-bond donors (Lipinski definition) is 1. The van der Waals surface area contributed by atoms with Crippen LogP contribution in [0.25, 0.3) is 0 Å². The highest BCUT2D eigenvalue weighted by Crippen LogP contribution is 2.25. The summed E-state index contributed by atoms with van der Waals surface area (Å²) in [6.45, 7) is 2.01. The molecule has 2 heterocycles. The van der Waals surface area contributed by atoms with E-state index in [1.807, 2.05) is 6.92 Å². The maximum absolute atomic E-state index is 11.4. The summed E-state index contributed by atoms with van der Waals surface area (Å²) in [6, 6.07) is -0.0301. The monoisotopic (exact) mass is 244 g/mol. The second-order valence-corrected chi connectivity index (χ2v) is 6.46. The van der Waals surface area contributed by atoms with Crippen LogP contribution >= 0.6 is 0 Å². The predicted octanol–water partition coefficient (Wildman–Crippen LogP) is 0.0859. The average Bonchev–Trinajstić information content (AvgIpc) is 2.72. The van der Waals surface area contributed by atoms with Gasteiger partial charge in [-0.2, -0.15) is 5.10 Å². The number of hydrogen-bond acceptors (Lipinski definition) is 4. The summed E-state index contributed by atoms with van der Waals surface area (Å²) in [5, 5.41) is 13.1. The molecule has 0 aliphatic carbocycles. The SMILES string of the molecule is Cc1c(CCO)cnn1C1CCS(=O)(=O)C1. The Kier molecular flexibility index (Phi) is 3.03. The smallest absolute Gasteiger partial charge is 0.152 e. The lowest BCUT2D eigenvalue weighted by atomic mass is 10.2. The van der Waals surface area contributed by atoms with Gasteiger partial charge in [0, 0.05) is 12.3 Å². The summed E-state index contributed by atoms with van der Waals surface area (Å²) in [7, 11) is -2.87. The molecule has 1 aliphatic heterocycles. The highest BCUT2D eigenvalue weighted by Gasteiger charge is 2.30. The van der Waals surface area contributed by atoms with Gasteiger partial charge >= 0.3 is 0 Å². The molecule has 1 unspecified atom stereocenters. The van der Waals surface area contributed by atoms with Gasteiger partial charge in [0.25, 0.3) is 0 Å². The molecule has 6 heteroatoms. The van der Waals surface area contributed by atoms with E-state index in [0.717, 1.165) is 11.3 Å². The first-order valence-electron chi connectivity index (χ1n) is 5.38. The molecule has 5 nitrogen and oxygen atoms in total. The molecule has 0 spiro atoms. The molecule has 2 rings (SSSR count). The van der Waals surface area contributed by atoms with Crippen LogP contribution in [0.3, 0.4) is 0 Å². The lowest BCUT2D eigenvalue weighted by molar-refractivity contribution is 0.299. The van der Waals surface area contributed by atoms with Gasteiger partial charge < -0.3 is 5.11 Å². The third-order valence-electron chi connectivity index (χ3n) is 3.08. The third kappa shape index (κ3) is 2.12. The highest BCUT2D eigenvalue weighted by molar-refractivity contribution is 7.91. The number of nitrogens with zero attached hydrogens (tertiary/aromatic N) is 2. The lowest BCUT2D eigenvalue weighted by Crippen LogP contribution is -2.14. The van der Waals surface area contributed by atoms with E-state index in [9.17, 15) is 8.42 Å². The Morgan fingerprint density at radius 2 is 2.38 bits per heavy atom. The van der Waals surface area contributed by atoms with E-state index in [2.05, 4.69) is 5.10 Å². The minimum atomic E-state index is -2.87. The molecule has 0 bridgehead atoms. The van der Waals surface area contributed by atoms with E-state index in [1.165, 1.54) is 0 Å². The second kappa shape index (κ2) is 4.18. The predicted molar refractivity (Wildman–Crippen MR) is 60.1 cm³/mol. The van der Waals surface area contributed by atoms with E-state index >= 15 is 0 Å². The van der Waals surface area contributed by atoms with Gasteiger partial charge in [-0.05, 0) is 25.3 Å². The third-order valence-corrected chi connectivity index (χ3v) is 4.83. The molecule has 0 saturated carbocycles. The van der Waals surface area contributed by atoms with Crippen LogP contribution in [0.15, 0.2) is 6.20 Å². The second-order valence-electron chi connectivity index (χ2n) is 4.23. The van der Waals surface area contributed by atoms with Crippen molar-refractivity contribution in [1.82, 2.24) is 9.78 Å². The van der Waals surface area contributed by atoms with Crippen molar-refractivity contribution in [3.63, 3.8) is 0 Å². The van der Waals surface area contributed by atoms with Crippen LogP contribution < -0.4 is 0 Å². The van der Waals surface area contributed by atoms with E-state index < -0.39 is 9.84 Å².